The van der Waals surface area contributed by atoms with E-state index in [-0.39, 0.29) is 72.0 Å². The summed E-state index contributed by atoms with van der Waals surface area (Å²) in [6, 6.07) is 17.5. The summed E-state index contributed by atoms with van der Waals surface area (Å²) in [7, 11) is -10.7. The number of nitrogens with one attached hydrogen (secondary N) is 4. The smallest absolute Gasteiger partial charge is 0.374 e. The van der Waals surface area contributed by atoms with Gasteiger partial charge in [0.05, 0.1) is 0 Å². The molecule has 4 amide bonds. The molecule has 4 rings (SSSR count). The number of amides is 4. The molecule has 100 heavy (non-hydrogen) atoms. The van der Waals surface area contributed by atoms with Crippen molar-refractivity contribution < 1.29 is 72.3 Å². The zero-order valence-corrected chi connectivity index (χ0v) is 66.7. The van der Waals surface area contributed by atoms with Crippen LogP contribution in [0.25, 0.3) is 0 Å². The zero-order valence-electron chi connectivity index (χ0n) is 62.7. The number of hydrogen-bond donors (Lipinski definition) is 4. The number of carbonyl (C=O) groups is 4. The average molecular weight is 1480 g/mol. The lowest BCUT2D eigenvalue weighted by Gasteiger charge is -2.28. The quantitative estimate of drug-likeness (QED) is 0.0260. The maximum absolute atomic E-state index is 12.1. The third-order valence-electron chi connectivity index (χ3n) is 14.3. The van der Waals surface area contributed by atoms with Crippen LogP contribution in [0.5, 0.6) is 0 Å². The lowest BCUT2D eigenvalue weighted by Crippen LogP contribution is -2.46. The Hall–Kier alpha value is -5.93. The van der Waals surface area contributed by atoms with Gasteiger partial charge in [-0.25, -0.2) is 0 Å². The van der Waals surface area contributed by atoms with Crippen LogP contribution >= 0.6 is 0 Å². The molecule has 0 aromatic carbocycles. The van der Waals surface area contributed by atoms with Crippen molar-refractivity contribution in [2.24, 2.45) is 0 Å². The van der Waals surface area contributed by atoms with Gasteiger partial charge >= 0.3 is 35.2 Å². The van der Waals surface area contributed by atoms with E-state index in [9.17, 15) is 38.4 Å². The molecule has 28 nitrogen and oxygen atoms in total. The molecule has 0 spiro atoms. The molecule has 568 valence electrons. The second-order valence-electron chi connectivity index (χ2n) is 22.3. The predicted molar refractivity (Wildman–Crippen MR) is 394 cm³/mol. The van der Waals surface area contributed by atoms with Crippen molar-refractivity contribution in [2.45, 2.75) is 187 Å². The highest BCUT2D eigenvalue weighted by molar-refractivity contribution is 6.61. The highest BCUT2D eigenvalue weighted by atomic mass is 28.4. The van der Waals surface area contributed by atoms with Gasteiger partial charge in [-0.15, -0.1) is 0 Å². The number of pyridine rings is 4. The van der Waals surface area contributed by atoms with E-state index in [1.165, 1.54) is 36.5 Å². The molecule has 0 aliphatic rings. The van der Waals surface area contributed by atoms with Gasteiger partial charge in [-0.2, -0.15) is 0 Å². The zero-order chi connectivity index (χ0) is 74.8. The molecule has 0 radical (unpaired) electrons. The van der Waals surface area contributed by atoms with E-state index in [1.54, 1.807) is 68.8 Å². The molecule has 0 bridgehead atoms. The Morgan fingerprint density at radius 2 is 0.690 bits per heavy atom. The molecular formula is C68H120N8O20Si4. The molecule has 0 aliphatic heterocycles. The van der Waals surface area contributed by atoms with Gasteiger partial charge in [0, 0.05) is 178 Å². The first-order chi connectivity index (χ1) is 47.9. The molecule has 0 aliphatic carbocycles. The maximum atomic E-state index is 12.1. The Balaban J connectivity index is 0.000000667. The Morgan fingerprint density at radius 1 is 0.350 bits per heavy atom. The second-order valence-corrected chi connectivity index (χ2v) is 33.2. The number of aromatic nitrogens is 4. The summed E-state index contributed by atoms with van der Waals surface area (Å²) in [5, 5.41) is 11.3. The number of hydrogen-bond acceptors (Lipinski definition) is 20. The summed E-state index contributed by atoms with van der Waals surface area (Å²) < 4.78 is 75.0. The predicted octanol–water partition coefficient (Wildman–Crippen LogP) is 6.85. The average Bonchev–Trinajstić information content (AvgIpc) is 0.916. The van der Waals surface area contributed by atoms with E-state index >= 15 is 0 Å². The first-order valence-electron chi connectivity index (χ1n) is 35.3. The minimum Gasteiger partial charge on any atom is -0.374 e. The van der Waals surface area contributed by atoms with E-state index in [4.69, 9.17) is 53.1 Å². The molecule has 4 aromatic rings. The van der Waals surface area contributed by atoms with Crippen molar-refractivity contribution in [3.8, 4) is 0 Å². The normalized spacial score (nSPS) is 11.5. The Morgan fingerprint density at radius 3 is 1.03 bits per heavy atom. The molecule has 0 saturated heterocycles. The van der Waals surface area contributed by atoms with Crippen LogP contribution in [-0.4, -0.2) is 183 Å². The Bertz CT molecular complexity index is 3070. The van der Waals surface area contributed by atoms with Crippen LogP contribution in [0.1, 0.15) is 131 Å². The Labute approximate surface area is 597 Å². The minimum atomic E-state index is -2.67. The summed E-state index contributed by atoms with van der Waals surface area (Å²) >= 11 is 0. The molecule has 4 N–H and O–H groups in total. The fraction of sp³-hybridized carbons (Fsp3) is 0.647. The number of aryl methyl sites for hydroxylation is 4. The molecule has 32 heteroatoms. The monoisotopic (exact) mass is 1480 g/mol. The standard InChI is InChI=1S/4C17H30N2O5Si/c1-5-22-25(23-6-2,24-7-3)12-8-11-18-16(20)14-19-13-15(4)9-10-17(19)21;1-5-22-25(23-6-2,24-7-3)12-8-10-18-16(20)14-19-11-9-15(4)13-17(19)21;1-5-22-25(23-6-2,24-7-3)13-9-11-18-16(20)14-19-12-8-10-15(4)17(19)21;1-5-22-25(23-6-2,24-7-3)13-9-12-18-16(20)14-19-15(4)10-8-11-17(19)21/h9-10,13H,5-8,11-12,14H2,1-4H3,(H,18,20);9,11,13H,5-8,10,12,14H2,1-4H3,(H,18,20);8,10,12H,5-7,9,11,13-14H2,1-4H3,(H,18,20);8,10-11H,5-7,9,12-14H2,1-4H3,(H,18,20). The fourth-order valence-corrected chi connectivity index (χ4v) is 20.5. The summed E-state index contributed by atoms with van der Waals surface area (Å²) in [6.07, 6.45) is 7.71. The lowest BCUT2D eigenvalue weighted by atomic mass is 10.3. The number of nitrogens with zero attached hydrogens (tertiary/aromatic N) is 4. The third kappa shape index (κ3) is 36.8. The van der Waals surface area contributed by atoms with Crippen LogP contribution in [-0.2, 0) is 98.5 Å². The van der Waals surface area contributed by atoms with Crippen LogP contribution in [0.2, 0.25) is 24.2 Å². The van der Waals surface area contributed by atoms with E-state index in [1.807, 2.05) is 96.9 Å². The van der Waals surface area contributed by atoms with Crippen LogP contribution in [0.3, 0.4) is 0 Å². The summed E-state index contributed by atoms with van der Waals surface area (Å²) in [4.78, 5) is 95.3. The molecule has 4 aromatic heterocycles. The lowest BCUT2D eigenvalue weighted by molar-refractivity contribution is -0.122. The molecule has 0 unspecified atom stereocenters. The molecule has 0 fully saturated rings. The summed E-state index contributed by atoms with van der Waals surface area (Å²) in [6.45, 7) is 38.7. The van der Waals surface area contributed by atoms with Crippen LogP contribution in [0.15, 0.2) is 92.4 Å². The van der Waals surface area contributed by atoms with Crippen LogP contribution in [0, 0.1) is 27.7 Å². The largest absolute Gasteiger partial charge is 0.500 e. The highest BCUT2D eigenvalue weighted by Gasteiger charge is 2.42. The third-order valence-corrected chi connectivity index (χ3v) is 26.9. The van der Waals surface area contributed by atoms with Gasteiger partial charge < -0.3 is 92.6 Å². The van der Waals surface area contributed by atoms with Crippen LogP contribution < -0.4 is 43.5 Å². The highest BCUT2D eigenvalue weighted by Crippen LogP contribution is 2.21. The van der Waals surface area contributed by atoms with E-state index < -0.39 is 35.2 Å². The van der Waals surface area contributed by atoms with Crippen molar-refractivity contribution in [2.75, 3.05) is 105 Å². The fourth-order valence-electron chi connectivity index (χ4n) is 10.1. The van der Waals surface area contributed by atoms with E-state index in [0.29, 0.717) is 161 Å². The first-order valence-corrected chi connectivity index (χ1v) is 43.0. The summed E-state index contributed by atoms with van der Waals surface area (Å²) in [5.74, 6) is -0.760. The topological polar surface area (TPSA) is 315 Å². The first kappa shape index (κ1) is 92.1. The molecule has 0 saturated carbocycles. The second kappa shape index (κ2) is 52.9. The number of rotatable bonds is 48. The van der Waals surface area contributed by atoms with E-state index in [0.717, 1.165) is 16.8 Å². The van der Waals surface area contributed by atoms with E-state index in [2.05, 4.69) is 21.3 Å². The molecule has 0 atom stereocenters. The van der Waals surface area contributed by atoms with Gasteiger partial charge in [0.1, 0.15) is 26.2 Å². The van der Waals surface area contributed by atoms with Crippen molar-refractivity contribution in [1.29, 1.82) is 0 Å². The molecular weight excluding hydrogens is 1360 g/mol. The van der Waals surface area contributed by atoms with Crippen LogP contribution in [0.4, 0.5) is 0 Å². The van der Waals surface area contributed by atoms with Gasteiger partial charge in [0.25, 0.3) is 22.2 Å². The summed E-state index contributed by atoms with van der Waals surface area (Å²) in [5.41, 5.74) is 2.52. The SMILES string of the molecule is CCO[Si](CCCNC(=O)Cn1c(C)cccc1=O)(OCC)OCC.CCO[Si](CCCNC(=O)Cn1cc(C)ccc1=O)(OCC)OCC.CCO[Si](CCCNC(=O)Cn1ccc(C)cc1=O)(OCC)OCC.CCO[Si](CCCNC(=O)Cn1cccc(C)c1=O)(OCC)OCC. The molecule has 4 heterocycles. The maximum Gasteiger partial charge on any atom is 0.500 e. The van der Waals surface area contributed by atoms with Gasteiger partial charge in [-0.05, 0) is 166 Å². The van der Waals surface area contributed by atoms with Crippen molar-refractivity contribution in [3.05, 3.63) is 137 Å². The van der Waals surface area contributed by atoms with Gasteiger partial charge in [-0.1, -0.05) is 18.2 Å². The Kier molecular flexibility index (Phi) is 48.7. The van der Waals surface area contributed by atoms with Crippen molar-refractivity contribution in [3.63, 3.8) is 0 Å². The van der Waals surface area contributed by atoms with Crippen molar-refractivity contribution in [1.82, 2.24) is 39.5 Å². The van der Waals surface area contributed by atoms with Gasteiger partial charge in [0.2, 0.25) is 23.6 Å². The number of carbonyl (C=O) groups excluding carboxylic acids is 4. The van der Waals surface area contributed by atoms with Gasteiger partial charge in [0.15, 0.2) is 0 Å². The van der Waals surface area contributed by atoms with Gasteiger partial charge in [-0.3, -0.25) is 38.4 Å². The minimum absolute atomic E-state index is 0.0179. The van der Waals surface area contributed by atoms with Crippen molar-refractivity contribution >= 4 is 58.8 Å².